The number of fused-ring (bicyclic) bond motifs is 3. The fraction of sp³-hybridized carbons (Fsp3) is 0.111. The molecule has 21 heavy (non-hydrogen) atoms. The molecule has 2 aromatic carbocycles. The lowest BCUT2D eigenvalue weighted by Crippen LogP contribution is -2.28. The first-order valence-electron chi connectivity index (χ1n) is 6.52. The van der Waals surface area contributed by atoms with Gasteiger partial charge < -0.3 is 0 Å². The lowest BCUT2D eigenvalue weighted by Gasteiger charge is -2.02. The van der Waals surface area contributed by atoms with Crippen LogP contribution in [-0.4, -0.2) is 4.40 Å². The van der Waals surface area contributed by atoms with Crippen molar-refractivity contribution in [1.29, 1.82) is 5.26 Å². The minimum atomic E-state index is 0. The van der Waals surface area contributed by atoms with Crippen molar-refractivity contribution in [1.82, 2.24) is 4.40 Å². The van der Waals surface area contributed by atoms with Crippen LogP contribution in [0.5, 0.6) is 0 Å². The molecule has 0 saturated heterocycles. The predicted octanol–water partition coefficient (Wildman–Crippen LogP) is 3.67. The van der Waals surface area contributed by atoms with Crippen molar-refractivity contribution in [2.24, 2.45) is 0 Å². The second-order valence-corrected chi connectivity index (χ2v) is 4.98. The maximum Gasteiger partial charge on any atom is 0.295 e. The Morgan fingerprint density at radius 2 is 1.76 bits per heavy atom. The van der Waals surface area contributed by atoms with E-state index in [2.05, 4.69) is 70.4 Å². The van der Waals surface area contributed by atoms with Gasteiger partial charge in [-0.05, 0) is 6.07 Å². The zero-order valence-electron chi connectivity index (χ0n) is 10.8. The summed E-state index contributed by atoms with van der Waals surface area (Å²) in [4.78, 5) is 0. The van der Waals surface area contributed by atoms with Gasteiger partial charge in [0.25, 0.3) is 5.65 Å². The van der Waals surface area contributed by atoms with Crippen molar-refractivity contribution in [3.05, 3.63) is 60.4 Å². The van der Waals surface area contributed by atoms with E-state index < -0.39 is 0 Å². The molecule has 0 amide bonds. The van der Waals surface area contributed by atoms with E-state index in [4.69, 9.17) is 5.26 Å². The highest BCUT2D eigenvalue weighted by Gasteiger charge is 2.26. The second-order valence-electron chi connectivity index (χ2n) is 4.98. The highest BCUT2D eigenvalue weighted by molar-refractivity contribution is 6.12. The van der Waals surface area contributed by atoms with Gasteiger partial charge >= 0.3 is 0 Å². The van der Waals surface area contributed by atoms with Crippen LogP contribution in [0.4, 0.5) is 0 Å². The zero-order valence-corrected chi connectivity index (χ0v) is 10.8. The molecule has 0 aliphatic carbocycles. The molecule has 0 spiro atoms. The van der Waals surface area contributed by atoms with Crippen LogP contribution in [0.3, 0.4) is 0 Å². The summed E-state index contributed by atoms with van der Waals surface area (Å²) in [5, 5.41) is 10.6. The van der Waals surface area contributed by atoms with Crippen LogP contribution in [0, 0.1) is 11.8 Å². The van der Waals surface area contributed by atoms with Crippen LogP contribution in [0.2, 0.25) is 0 Å². The largest absolute Gasteiger partial charge is 0.295 e. The van der Waals surface area contributed by atoms with Crippen LogP contribution in [0.1, 0.15) is 13.0 Å². The summed E-state index contributed by atoms with van der Waals surface area (Å²) in [5.41, 5.74) is 4.06. The highest BCUT2D eigenvalue weighted by atomic mass is 15.1. The van der Waals surface area contributed by atoms with Gasteiger partial charge in [0.2, 0.25) is 0 Å². The zero-order chi connectivity index (χ0) is 13.7. The molecule has 4 aromatic rings. The number of rotatable bonds is 0. The van der Waals surface area contributed by atoms with Crippen LogP contribution < -0.4 is 4.57 Å². The maximum atomic E-state index is 6.50. The number of aromatic nitrogens is 2. The molecule has 1 aliphatic heterocycles. The average molecular weight is 274 g/mol. The molecular formula is C18H16N3+. The van der Waals surface area contributed by atoms with Gasteiger partial charge in [0.05, 0.1) is 5.39 Å². The molecule has 0 N–H and O–H groups in total. The number of benzene rings is 2. The van der Waals surface area contributed by atoms with Gasteiger partial charge in [-0.15, -0.1) is 0 Å². The van der Waals surface area contributed by atoms with Crippen LogP contribution in [-0.2, 0) is 6.54 Å². The number of hydrogen-bond donors (Lipinski definition) is 0. The van der Waals surface area contributed by atoms with Crippen molar-refractivity contribution in [2.45, 2.75) is 14.0 Å². The average Bonchev–Trinajstić information content (AvgIpc) is 3.08. The van der Waals surface area contributed by atoms with E-state index in [-0.39, 0.29) is 7.43 Å². The van der Waals surface area contributed by atoms with Gasteiger partial charge in [-0.25, -0.2) is 9.83 Å². The molecule has 1 aliphatic rings. The van der Waals surface area contributed by atoms with Crippen LogP contribution in [0.15, 0.2) is 54.9 Å². The Morgan fingerprint density at radius 3 is 2.62 bits per heavy atom. The van der Waals surface area contributed by atoms with E-state index in [1.807, 2.05) is 0 Å². The molecule has 3 nitrogen and oxygen atoms in total. The fourth-order valence-corrected chi connectivity index (χ4v) is 3.33. The summed E-state index contributed by atoms with van der Waals surface area (Å²) >= 11 is 0. The molecule has 0 radical (unpaired) electrons. The molecule has 5 rings (SSSR count). The monoisotopic (exact) mass is 274 g/mol. The van der Waals surface area contributed by atoms with Gasteiger partial charge in [0, 0.05) is 22.9 Å². The molecule has 3 heterocycles. The Hall–Kier alpha value is -2.86. The molecule has 0 unspecified atom stereocenters. The van der Waals surface area contributed by atoms with Gasteiger partial charge in [-0.1, -0.05) is 43.8 Å². The quantitative estimate of drug-likeness (QED) is 0.313. The topological polar surface area (TPSA) is 32.1 Å². The maximum absolute atomic E-state index is 6.50. The fourth-order valence-electron chi connectivity index (χ4n) is 3.33. The molecule has 3 heteroatoms. The Kier molecular flexibility index (Phi) is 2.88. The number of hydrogen-bond acceptors (Lipinski definition) is 1. The van der Waals surface area contributed by atoms with Crippen molar-refractivity contribution in [2.75, 3.05) is 0 Å². The van der Waals surface area contributed by atoms with Gasteiger partial charge in [0.15, 0.2) is 0 Å². The minimum Gasteiger partial charge on any atom is -0.225 e. The summed E-state index contributed by atoms with van der Waals surface area (Å²) in [6.45, 7) is 4.50. The second kappa shape index (κ2) is 4.60. The summed E-state index contributed by atoms with van der Waals surface area (Å²) < 4.78 is 4.65. The van der Waals surface area contributed by atoms with Crippen molar-refractivity contribution >= 4 is 27.3 Å². The number of nitrogens with zero attached hydrogens (tertiary/aromatic N) is 3. The molecular weight excluding hydrogens is 258 g/mol. The Bertz CT molecular complexity index is 993. The molecule has 0 atom stereocenters. The normalized spacial score (nSPS) is 11.5. The van der Waals surface area contributed by atoms with Gasteiger partial charge in [0.1, 0.15) is 24.5 Å². The molecule has 0 saturated carbocycles. The van der Waals surface area contributed by atoms with E-state index in [1.54, 1.807) is 0 Å². The van der Waals surface area contributed by atoms with Crippen molar-refractivity contribution in [3.8, 4) is 6.57 Å². The lowest BCUT2D eigenvalue weighted by molar-refractivity contribution is -0.657. The third kappa shape index (κ3) is 1.50. The number of imidazole rings is 1. The van der Waals surface area contributed by atoms with E-state index in [0.29, 0.717) is 0 Å². The van der Waals surface area contributed by atoms with Crippen molar-refractivity contribution < 1.29 is 4.57 Å². The summed E-state index contributed by atoms with van der Waals surface area (Å²) in [5.74, 6) is 0. The van der Waals surface area contributed by atoms with Crippen LogP contribution in [0.25, 0.3) is 27.3 Å². The standard InChI is InChI=1S/C16H11N2.CHN.CH4/c1-2-7-14-12(5-1)13-6-3-4-11-10-17-8-9-18(14)16(17)15(11)13;1-2;/h1-9H,10H2;1H;1H4/q+1;;. The van der Waals surface area contributed by atoms with E-state index in [9.17, 15) is 0 Å². The minimum absolute atomic E-state index is 0. The number of nitriles is 1. The summed E-state index contributed by atoms with van der Waals surface area (Å²) in [6.07, 6.45) is 4.36. The third-order valence-corrected chi connectivity index (χ3v) is 4.06. The molecule has 0 bridgehead atoms. The Morgan fingerprint density at radius 1 is 1.00 bits per heavy atom. The molecule has 2 aromatic heterocycles. The third-order valence-electron chi connectivity index (χ3n) is 4.06. The Balaban J connectivity index is 0.000000425. The van der Waals surface area contributed by atoms with E-state index in [1.165, 1.54) is 32.9 Å². The van der Waals surface area contributed by atoms with Gasteiger partial charge in [-0.3, -0.25) is 0 Å². The van der Waals surface area contributed by atoms with E-state index in [0.717, 1.165) is 6.54 Å². The number of para-hydroxylation sites is 1. The smallest absolute Gasteiger partial charge is 0.225 e. The first-order chi connectivity index (χ1) is 9.93. The molecule has 0 fully saturated rings. The summed E-state index contributed by atoms with van der Waals surface area (Å²) in [7, 11) is 0. The molecule has 102 valence electrons. The van der Waals surface area contributed by atoms with Crippen LogP contribution >= 0.6 is 0 Å². The first-order valence-corrected chi connectivity index (χ1v) is 6.52. The summed E-state index contributed by atoms with van der Waals surface area (Å²) in [6, 6.07) is 15.3. The van der Waals surface area contributed by atoms with Crippen molar-refractivity contribution in [3.63, 3.8) is 0 Å². The SMILES string of the molecule is C.C#N.c1cc2c3c(c1)c1ccccc1n1cc[n+](c31)C2. The Labute approximate surface area is 123 Å². The first kappa shape index (κ1) is 13.1. The van der Waals surface area contributed by atoms with E-state index >= 15 is 0 Å². The number of pyridine rings is 1. The highest BCUT2D eigenvalue weighted by Crippen LogP contribution is 2.33. The predicted molar refractivity (Wildman–Crippen MR) is 85.1 cm³/mol. The van der Waals surface area contributed by atoms with Gasteiger partial charge in [-0.2, -0.15) is 4.40 Å². The lowest BCUT2D eigenvalue weighted by atomic mass is 10.0.